The van der Waals surface area contributed by atoms with Gasteiger partial charge in [-0.1, -0.05) is 12.2 Å². The van der Waals surface area contributed by atoms with Crippen molar-refractivity contribution in [1.82, 2.24) is 10.2 Å². The van der Waals surface area contributed by atoms with E-state index in [0.29, 0.717) is 37.1 Å². The highest BCUT2D eigenvalue weighted by Crippen LogP contribution is 2.29. The fourth-order valence-corrected chi connectivity index (χ4v) is 3.83. The van der Waals surface area contributed by atoms with E-state index in [1.807, 2.05) is 32.9 Å². The van der Waals surface area contributed by atoms with Crippen molar-refractivity contribution in [3.63, 3.8) is 0 Å². The van der Waals surface area contributed by atoms with Gasteiger partial charge in [-0.3, -0.25) is 25.5 Å². The number of nitrogens with one attached hydrogen (secondary N) is 1. The summed E-state index contributed by atoms with van der Waals surface area (Å²) in [6, 6.07) is 6.11. The summed E-state index contributed by atoms with van der Waals surface area (Å²) in [5, 5.41) is 26.3. The summed E-state index contributed by atoms with van der Waals surface area (Å²) in [5.74, 6) is -3.90. The summed E-state index contributed by atoms with van der Waals surface area (Å²) < 4.78 is 31.5. The van der Waals surface area contributed by atoms with E-state index in [-0.39, 0.29) is 30.0 Å². The molecule has 1 aliphatic rings. The number of nitrogens with zero attached hydrogens (tertiary/aromatic N) is 1. The number of carbonyl (C=O) groups excluding carboxylic acids is 3. The molecule has 13 heteroatoms. The van der Waals surface area contributed by atoms with Gasteiger partial charge in [-0.15, -0.1) is 0 Å². The van der Waals surface area contributed by atoms with Gasteiger partial charge >= 0.3 is 12.1 Å². The fraction of sp³-hybridized carbons (Fsp3) is 0.480. The number of likely N-dealkylation sites (tertiary alicyclic amines) is 1. The van der Waals surface area contributed by atoms with Crippen LogP contribution in [0.25, 0.3) is 0 Å². The second kappa shape index (κ2) is 13.6. The van der Waals surface area contributed by atoms with E-state index >= 15 is 0 Å². The van der Waals surface area contributed by atoms with E-state index in [1.165, 1.54) is 0 Å². The van der Waals surface area contributed by atoms with Crippen LogP contribution >= 0.6 is 0 Å². The number of amidine groups is 1. The number of hydrogen-bond donors (Lipinski definition) is 4. The minimum Gasteiger partial charge on any atom is -0.542 e. The predicted octanol–water partition coefficient (Wildman–Crippen LogP) is -0.136. The van der Waals surface area contributed by atoms with E-state index in [2.05, 4.69) is 5.32 Å². The van der Waals surface area contributed by atoms with Crippen LogP contribution in [0.5, 0.6) is 0 Å². The third kappa shape index (κ3) is 9.52. The van der Waals surface area contributed by atoms with E-state index in [4.69, 9.17) is 26.2 Å². The second-order valence-corrected chi connectivity index (χ2v) is 9.35. The molecule has 1 unspecified atom stereocenters. The molecule has 0 radical (unpaired) electrons. The Morgan fingerprint density at radius 3 is 2.03 bits per heavy atom. The van der Waals surface area contributed by atoms with Crippen LogP contribution in [-0.4, -0.2) is 64.9 Å². The van der Waals surface area contributed by atoms with Crippen LogP contribution in [-0.2, 0) is 14.4 Å². The lowest BCUT2D eigenvalue weighted by Crippen LogP contribution is -2.54. The highest BCUT2D eigenvalue weighted by Gasteiger charge is 2.40. The normalized spacial score (nSPS) is 15.3. The van der Waals surface area contributed by atoms with Crippen molar-refractivity contribution < 1.29 is 48.0 Å². The minimum atomic E-state index is -5.19. The number of carboxylic acid groups (broad SMARTS) is 2. The first kappa shape index (κ1) is 32.1. The van der Waals surface area contributed by atoms with Gasteiger partial charge in [0.15, 0.2) is 0 Å². The molecular weight excluding hydrogens is 509 g/mol. The largest absolute Gasteiger partial charge is 0.542 e. The highest BCUT2D eigenvalue weighted by atomic mass is 19.4. The number of piperidine rings is 1. The number of rotatable bonds is 8. The van der Waals surface area contributed by atoms with Crippen LogP contribution in [0, 0.1) is 11.3 Å². The van der Waals surface area contributed by atoms with Gasteiger partial charge in [-0.25, -0.2) is 0 Å². The maximum atomic E-state index is 13.3. The molecule has 1 atom stereocenters. The van der Waals surface area contributed by atoms with E-state index in [0.717, 1.165) is 0 Å². The van der Waals surface area contributed by atoms with Gasteiger partial charge in [0.1, 0.15) is 5.97 Å². The van der Waals surface area contributed by atoms with E-state index < -0.39 is 29.6 Å². The number of aliphatic carboxylic acids is 2. The fourth-order valence-electron chi connectivity index (χ4n) is 3.83. The molecule has 0 saturated carbocycles. The number of alkyl halides is 3. The van der Waals surface area contributed by atoms with Crippen molar-refractivity contribution >= 4 is 29.6 Å². The topological polar surface area (TPSA) is 178 Å². The molecule has 0 aliphatic carbocycles. The summed E-state index contributed by atoms with van der Waals surface area (Å²) in [6.45, 7) is 6.52. The van der Waals surface area contributed by atoms with Crippen LogP contribution in [0.15, 0.2) is 36.4 Å². The number of carbonyl (C=O) groups is 4. The number of halogens is 3. The number of benzene rings is 1. The maximum Gasteiger partial charge on any atom is 0.430 e. The molecule has 1 aromatic carbocycles. The Labute approximate surface area is 218 Å². The smallest absolute Gasteiger partial charge is 0.430 e. The zero-order chi connectivity index (χ0) is 29.3. The predicted molar refractivity (Wildman–Crippen MR) is 129 cm³/mol. The Bertz CT molecular complexity index is 1050. The lowest BCUT2D eigenvalue weighted by Gasteiger charge is -2.39. The van der Waals surface area contributed by atoms with Gasteiger partial charge in [0, 0.05) is 25.1 Å². The Morgan fingerprint density at radius 2 is 1.63 bits per heavy atom. The zero-order valence-corrected chi connectivity index (χ0v) is 21.4. The van der Waals surface area contributed by atoms with Crippen LogP contribution in [0.3, 0.4) is 0 Å². The van der Waals surface area contributed by atoms with Gasteiger partial charge in [-0.2, -0.15) is 13.2 Å². The van der Waals surface area contributed by atoms with Crippen LogP contribution in [0.1, 0.15) is 56.0 Å². The van der Waals surface area contributed by atoms with Crippen LogP contribution in [0.2, 0.25) is 0 Å². The number of allylic oxidation sites excluding steroid dienone is 1. The first-order valence-electron chi connectivity index (χ1n) is 11.7. The lowest BCUT2D eigenvalue weighted by molar-refractivity contribution is -0.344. The average molecular weight is 543 g/mol. The monoisotopic (exact) mass is 542 g/mol. The van der Waals surface area contributed by atoms with Crippen molar-refractivity contribution in [3.05, 3.63) is 47.5 Å². The molecule has 1 saturated heterocycles. The molecule has 1 fully saturated rings. The van der Waals surface area contributed by atoms with Crippen LogP contribution < -0.4 is 21.6 Å². The van der Waals surface area contributed by atoms with E-state index in [1.54, 1.807) is 29.2 Å². The van der Waals surface area contributed by atoms with Gasteiger partial charge < -0.3 is 25.2 Å². The molecule has 6 N–H and O–H groups in total. The molecule has 2 amide bonds. The molecule has 0 bridgehead atoms. The molecule has 1 aromatic rings. The number of amides is 2. The molecular formula is C25H33F3N4O6. The van der Waals surface area contributed by atoms with Crippen molar-refractivity contribution in [1.29, 1.82) is 0 Å². The Morgan fingerprint density at radius 1 is 1.16 bits per heavy atom. The number of carboxylic acids is 2. The molecule has 0 spiro atoms. The lowest BCUT2D eigenvalue weighted by atomic mass is 9.81. The Hall–Kier alpha value is -3.90. The van der Waals surface area contributed by atoms with Gasteiger partial charge in [0.2, 0.25) is 5.91 Å². The van der Waals surface area contributed by atoms with Crippen molar-refractivity contribution in [2.45, 2.75) is 52.3 Å². The summed E-state index contributed by atoms with van der Waals surface area (Å²) in [6.07, 6.45) is -0.0981. The van der Waals surface area contributed by atoms with Gasteiger partial charge in [-0.05, 0) is 63.8 Å². The molecule has 210 valence electrons. The number of nitrogens with two attached hydrogens (primary N) is 2. The van der Waals surface area contributed by atoms with Gasteiger partial charge in [0.25, 0.3) is 11.7 Å². The van der Waals surface area contributed by atoms with Crippen molar-refractivity contribution in [2.75, 3.05) is 13.1 Å². The SMILES string of the molecule is C/C=C/C(NC(=O)c1ccc(C(N)=[NH2+])cc1)C(C)(C)C(=O)N1CCC(CC(=O)O)CC1.O=C([O-])C(F)(F)F. The molecule has 2 rings (SSSR count). The molecule has 1 aliphatic heterocycles. The van der Waals surface area contributed by atoms with Crippen molar-refractivity contribution in [3.8, 4) is 0 Å². The molecule has 0 aromatic heterocycles. The van der Waals surface area contributed by atoms with E-state index in [9.17, 15) is 27.6 Å². The first-order chi connectivity index (χ1) is 17.5. The third-order valence-electron chi connectivity index (χ3n) is 6.08. The number of hydrogen-bond acceptors (Lipinski definition) is 5. The molecule has 1 heterocycles. The van der Waals surface area contributed by atoms with Crippen LogP contribution in [0.4, 0.5) is 13.2 Å². The standard InChI is InChI=1S/C23H32N4O4.C2HF3O2/c1-4-5-18(26-21(30)17-8-6-16(7-9-17)20(24)25)23(2,3)22(31)27-12-10-15(11-13-27)14-19(28)29;3-2(4,5)1(6)7/h4-9,15,18H,10-14H2,1-3H3,(H3,24,25)(H,26,30)(H,28,29);(H,6,7)/b5-4+;. The van der Waals surface area contributed by atoms with Gasteiger partial charge in [0.05, 0.1) is 17.0 Å². The first-order valence-corrected chi connectivity index (χ1v) is 11.7. The Kier molecular flexibility index (Phi) is 11.5. The summed E-state index contributed by atoms with van der Waals surface area (Å²) >= 11 is 0. The highest BCUT2D eigenvalue weighted by molar-refractivity contribution is 5.97. The summed E-state index contributed by atoms with van der Waals surface area (Å²) in [4.78, 5) is 47.6. The molecule has 10 nitrogen and oxygen atoms in total. The summed E-state index contributed by atoms with van der Waals surface area (Å²) in [5.41, 5.74) is 5.77. The quantitative estimate of drug-likeness (QED) is 0.201. The second-order valence-electron chi connectivity index (χ2n) is 9.35. The third-order valence-corrected chi connectivity index (χ3v) is 6.08. The summed E-state index contributed by atoms with van der Waals surface area (Å²) in [7, 11) is 0. The zero-order valence-electron chi connectivity index (χ0n) is 21.4. The maximum absolute atomic E-state index is 13.3. The minimum absolute atomic E-state index is 0.0643. The molecule has 38 heavy (non-hydrogen) atoms. The average Bonchev–Trinajstić information content (AvgIpc) is 2.83. The van der Waals surface area contributed by atoms with Crippen molar-refractivity contribution in [2.24, 2.45) is 17.1 Å². The Balaban J connectivity index is 0.000000905.